The molecule has 0 aliphatic heterocycles. The fourth-order valence-corrected chi connectivity index (χ4v) is 4.04. The zero-order valence-corrected chi connectivity index (χ0v) is 16.4. The van der Waals surface area contributed by atoms with Crippen LogP contribution >= 0.6 is 22.9 Å². The van der Waals surface area contributed by atoms with Crippen molar-refractivity contribution in [3.8, 4) is 17.0 Å². The first-order chi connectivity index (χ1) is 12.5. The van der Waals surface area contributed by atoms with E-state index in [-0.39, 0.29) is 5.91 Å². The van der Waals surface area contributed by atoms with Crippen molar-refractivity contribution in [2.45, 2.75) is 13.3 Å². The van der Waals surface area contributed by atoms with E-state index in [1.165, 1.54) is 23.3 Å². The van der Waals surface area contributed by atoms with Gasteiger partial charge in [0.15, 0.2) is 4.80 Å². The first-order valence-corrected chi connectivity index (χ1v) is 9.41. The summed E-state index contributed by atoms with van der Waals surface area (Å²) >= 11 is 7.56. The van der Waals surface area contributed by atoms with Gasteiger partial charge in [0, 0.05) is 16.9 Å². The summed E-state index contributed by atoms with van der Waals surface area (Å²) < 4.78 is 7.23. The lowest BCUT2D eigenvalue weighted by Crippen LogP contribution is -2.14. The summed E-state index contributed by atoms with van der Waals surface area (Å²) in [7, 11) is 3.45. The van der Waals surface area contributed by atoms with Crippen LogP contribution in [0.25, 0.3) is 11.3 Å². The number of carbonyl (C=O) groups is 1. The van der Waals surface area contributed by atoms with E-state index in [0.29, 0.717) is 21.1 Å². The highest BCUT2D eigenvalue weighted by Crippen LogP contribution is 2.26. The van der Waals surface area contributed by atoms with Gasteiger partial charge in [-0.15, -0.1) is 11.3 Å². The highest BCUT2D eigenvalue weighted by molar-refractivity contribution is 7.09. The Hall–Kier alpha value is -2.37. The number of nitrogens with zero attached hydrogens (tertiary/aromatic N) is 2. The minimum absolute atomic E-state index is 0.354. The molecule has 4 nitrogen and oxygen atoms in total. The SMILES string of the molecule is CCc1sc(=NC(=O)c2cc(Cl)ccc2OC)n(C)c1-c1ccccc1. The maximum absolute atomic E-state index is 12.7. The van der Waals surface area contributed by atoms with Gasteiger partial charge in [-0.1, -0.05) is 48.9 Å². The number of carbonyl (C=O) groups excluding carboxylic acids is 1. The second-order valence-electron chi connectivity index (χ2n) is 5.70. The van der Waals surface area contributed by atoms with Crippen molar-refractivity contribution in [2.75, 3.05) is 7.11 Å². The summed E-state index contributed by atoms with van der Waals surface area (Å²) in [4.78, 5) is 18.9. The monoisotopic (exact) mass is 386 g/mol. The summed E-state index contributed by atoms with van der Waals surface area (Å²) in [6, 6.07) is 15.1. The van der Waals surface area contributed by atoms with Crippen LogP contribution in [0.15, 0.2) is 53.5 Å². The number of aromatic nitrogens is 1. The van der Waals surface area contributed by atoms with Crippen LogP contribution in [0.1, 0.15) is 22.2 Å². The van der Waals surface area contributed by atoms with E-state index in [1.54, 1.807) is 18.2 Å². The molecular weight excluding hydrogens is 368 g/mol. The minimum Gasteiger partial charge on any atom is -0.496 e. The van der Waals surface area contributed by atoms with Crippen LogP contribution in [-0.2, 0) is 13.5 Å². The number of rotatable bonds is 4. The quantitative estimate of drug-likeness (QED) is 0.651. The molecule has 3 aromatic rings. The Balaban J connectivity index is 2.12. The van der Waals surface area contributed by atoms with Crippen LogP contribution < -0.4 is 9.54 Å². The predicted molar refractivity (Wildman–Crippen MR) is 106 cm³/mol. The van der Waals surface area contributed by atoms with Gasteiger partial charge in [-0.05, 0) is 30.2 Å². The van der Waals surface area contributed by atoms with Gasteiger partial charge in [0.2, 0.25) is 0 Å². The fourth-order valence-electron chi connectivity index (χ4n) is 2.79. The summed E-state index contributed by atoms with van der Waals surface area (Å²) in [5.74, 6) is 0.0878. The van der Waals surface area contributed by atoms with Crippen LogP contribution in [-0.4, -0.2) is 17.6 Å². The van der Waals surface area contributed by atoms with E-state index in [1.807, 2.05) is 29.8 Å². The maximum atomic E-state index is 12.7. The number of ether oxygens (including phenoxy) is 1. The summed E-state index contributed by atoms with van der Waals surface area (Å²) in [6.45, 7) is 2.10. The Bertz CT molecular complexity index is 1010. The second-order valence-corrected chi connectivity index (χ2v) is 7.20. The third-order valence-electron chi connectivity index (χ3n) is 4.06. The van der Waals surface area contributed by atoms with Crippen molar-refractivity contribution in [2.24, 2.45) is 12.0 Å². The first kappa shape index (κ1) is 18.4. The largest absolute Gasteiger partial charge is 0.496 e. The lowest BCUT2D eigenvalue weighted by molar-refractivity contribution is 0.0995. The Morgan fingerprint density at radius 3 is 2.62 bits per heavy atom. The molecule has 0 saturated carbocycles. The van der Waals surface area contributed by atoms with Gasteiger partial charge in [0.25, 0.3) is 5.91 Å². The number of amides is 1. The molecule has 0 N–H and O–H groups in total. The molecule has 134 valence electrons. The van der Waals surface area contributed by atoms with Crippen molar-refractivity contribution < 1.29 is 9.53 Å². The van der Waals surface area contributed by atoms with Crippen molar-refractivity contribution in [1.29, 1.82) is 0 Å². The van der Waals surface area contributed by atoms with Crippen molar-refractivity contribution >= 4 is 28.8 Å². The third kappa shape index (κ3) is 3.59. The molecule has 26 heavy (non-hydrogen) atoms. The maximum Gasteiger partial charge on any atom is 0.283 e. The van der Waals surface area contributed by atoms with Crippen LogP contribution in [0, 0.1) is 0 Å². The molecule has 0 atom stereocenters. The molecule has 1 amide bonds. The van der Waals surface area contributed by atoms with Gasteiger partial charge >= 0.3 is 0 Å². The topological polar surface area (TPSA) is 43.6 Å². The molecule has 0 aliphatic rings. The number of hydrogen-bond acceptors (Lipinski definition) is 3. The van der Waals surface area contributed by atoms with E-state index in [4.69, 9.17) is 16.3 Å². The molecule has 6 heteroatoms. The van der Waals surface area contributed by atoms with Gasteiger partial charge in [0.1, 0.15) is 5.75 Å². The molecule has 0 spiro atoms. The van der Waals surface area contributed by atoms with Gasteiger partial charge in [-0.2, -0.15) is 4.99 Å². The molecule has 0 saturated heterocycles. The number of thiazole rings is 1. The molecule has 1 heterocycles. The molecular formula is C20H19ClN2O2S. The lowest BCUT2D eigenvalue weighted by atomic mass is 10.1. The summed E-state index contributed by atoms with van der Waals surface area (Å²) in [5.41, 5.74) is 2.55. The van der Waals surface area contributed by atoms with Crippen LogP contribution in [0.3, 0.4) is 0 Å². The van der Waals surface area contributed by atoms with Crippen molar-refractivity contribution in [3.05, 3.63) is 68.8 Å². The highest BCUT2D eigenvalue weighted by atomic mass is 35.5. The van der Waals surface area contributed by atoms with E-state index in [0.717, 1.165) is 17.7 Å². The summed E-state index contributed by atoms with van der Waals surface area (Å²) in [6.07, 6.45) is 0.868. The number of halogens is 1. The standard InChI is InChI=1S/C20H19ClN2O2S/c1-4-17-18(13-8-6-5-7-9-13)23(2)20(26-17)22-19(24)15-12-14(21)10-11-16(15)25-3/h5-12H,4H2,1-3H3. The smallest absolute Gasteiger partial charge is 0.283 e. The zero-order chi connectivity index (χ0) is 18.7. The number of benzene rings is 2. The average Bonchev–Trinajstić information content (AvgIpc) is 2.97. The second kappa shape index (κ2) is 7.89. The van der Waals surface area contributed by atoms with Gasteiger partial charge < -0.3 is 9.30 Å². The highest BCUT2D eigenvalue weighted by Gasteiger charge is 2.15. The van der Waals surface area contributed by atoms with E-state index in [2.05, 4.69) is 24.0 Å². The third-order valence-corrected chi connectivity index (χ3v) is 5.57. The number of aryl methyl sites for hydroxylation is 1. The fraction of sp³-hybridized carbons (Fsp3) is 0.200. The van der Waals surface area contributed by atoms with Gasteiger partial charge in [0.05, 0.1) is 18.4 Å². The average molecular weight is 387 g/mol. The summed E-state index contributed by atoms with van der Waals surface area (Å²) in [5, 5.41) is 0.471. The lowest BCUT2D eigenvalue weighted by Gasteiger charge is -2.06. The van der Waals surface area contributed by atoms with Crippen molar-refractivity contribution in [3.63, 3.8) is 0 Å². The molecule has 0 radical (unpaired) electrons. The molecule has 0 bridgehead atoms. The van der Waals surface area contributed by atoms with E-state index >= 15 is 0 Å². The van der Waals surface area contributed by atoms with Gasteiger partial charge in [-0.25, -0.2) is 0 Å². The number of hydrogen-bond donors (Lipinski definition) is 0. The zero-order valence-electron chi connectivity index (χ0n) is 14.8. The first-order valence-electron chi connectivity index (χ1n) is 8.21. The Morgan fingerprint density at radius 2 is 1.96 bits per heavy atom. The minimum atomic E-state index is -0.372. The number of methoxy groups -OCH3 is 1. The van der Waals surface area contributed by atoms with E-state index < -0.39 is 0 Å². The molecule has 0 unspecified atom stereocenters. The normalized spacial score (nSPS) is 11.6. The molecule has 0 aliphatic carbocycles. The predicted octanol–water partition coefficient (Wildman–Crippen LogP) is 4.72. The Morgan fingerprint density at radius 1 is 1.23 bits per heavy atom. The van der Waals surface area contributed by atoms with Crippen LogP contribution in [0.5, 0.6) is 5.75 Å². The Kier molecular flexibility index (Phi) is 5.59. The Labute approximate surface area is 161 Å². The van der Waals surface area contributed by atoms with Crippen molar-refractivity contribution in [1.82, 2.24) is 4.57 Å². The van der Waals surface area contributed by atoms with Gasteiger partial charge in [-0.3, -0.25) is 4.79 Å². The van der Waals surface area contributed by atoms with Crippen LogP contribution in [0.2, 0.25) is 5.02 Å². The van der Waals surface area contributed by atoms with E-state index in [9.17, 15) is 4.79 Å². The molecule has 3 rings (SSSR count). The molecule has 1 aromatic heterocycles. The molecule has 0 fully saturated rings. The molecule has 2 aromatic carbocycles. The van der Waals surface area contributed by atoms with Crippen LogP contribution in [0.4, 0.5) is 0 Å².